The molecular weight excluding hydrogens is 250 g/mol. The van der Waals surface area contributed by atoms with Gasteiger partial charge < -0.3 is 10.5 Å². The maximum absolute atomic E-state index is 12.2. The Morgan fingerprint density at radius 3 is 2.45 bits per heavy atom. The molecule has 0 spiro atoms. The Labute approximate surface area is 123 Å². The molecule has 2 aliphatic carbocycles. The van der Waals surface area contributed by atoms with Crippen LogP contribution in [0.15, 0.2) is 0 Å². The fraction of sp³-hybridized carbons (Fsp3) is 0.941. The van der Waals surface area contributed by atoms with Crippen molar-refractivity contribution in [2.45, 2.75) is 90.2 Å². The van der Waals surface area contributed by atoms with E-state index in [1.807, 2.05) is 0 Å². The van der Waals surface area contributed by atoms with Crippen LogP contribution in [0.2, 0.25) is 0 Å². The summed E-state index contributed by atoms with van der Waals surface area (Å²) in [6, 6.07) is 0. The molecule has 2 atom stereocenters. The molecule has 0 saturated heterocycles. The summed E-state index contributed by atoms with van der Waals surface area (Å²) in [5.41, 5.74) is 6.33. The van der Waals surface area contributed by atoms with Crippen molar-refractivity contribution in [1.82, 2.24) is 0 Å². The van der Waals surface area contributed by atoms with E-state index in [1.165, 1.54) is 12.8 Å². The molecule has 0 aromatic heterocycles. The van der Waals surface area contributed by atoms with Gasteiger partial charge in [0, 0.05) is 5.54 Å². The Morgan fingerprint density at radius 2 is 1.85 bits per heavy atom. The quantitative estimate of drug-likeness (QED) is 0.801. The van der Waals surface area contributed by atoms with Crippen LogP contribution in [0.5, 0.6) is 0 Å². The van der Waals surface area contributed by atoms with Crippen LogP contribution in [0.25, 0.3) is 0 Å². The lowest BCUT2D eigenvalue weighted by Crippen LogP contribution is -2.44. The normalized spacial score (nSPS) is 32.6. The maximum atomic E-state index is 12.2. The highest BCUT2D eigenvalue weighted by Gasteiger charge is 2.36. The molecule has 20 heavy (non-hydrogen) atoms. The molecule has 0 heterocycles. The average molecular weight is 281 g/mol. The molecule has 2 saturated carbocycles. The smallest absolute Gasteiger partial charge is 0.307 e. The number of nitrogens with two attached hydrogens (primary N) is 1. The third kappa shape index (κ3) is 4.47. The van der Waals surface area contributed by atoms with Crippen molar-refractivity contribution in [3.8, 4) is 0 Å². The molecule has 0 aromatic carbocycles. The highest BCUT2D eigenvalue weighted by molar-refractivity contribution is 5.71. The van der Waals surface area contributed by atoms with Crippen molar-refractivity contribution >= 4 is 5.97 Å². The lowest BCUT2D eigenvalue weighted by atomic mass is 9.71. The highest BCUT2D eigenvalue weighted by Crippen LogP contribution is 2.40. The summed E-state index contributed by atoms with van der Waals surface area (Å²) in [6.07, 6.45) is 9.20. The first-order chi connectivity index (χ1) is 9.28. The zero-order valence-electron chi connectivity index (χ0n) is 13.4. The molecule has 3 nitrogen and oxygen atoms in total. The van der Waals surface area contributed by atoms with Gasteiger partial charge in [0.1, 0.15) is 6.10 Å². The zero-order chi connectivity index (χ0) is 14.8. The van der Waals surface area contributed by atoms with Crippen LogP contribution >= 0.6 is 0 Å². The van der Waals surface area contributed by atoms with Crippen LogP contribution in [-0.4, -0.2) is 17.6 Å². The number of rotatable bonds is 3. The molecule has 3 heteroatoms. The minimum Gasteiger partial charge on any atom is -0.462 e. The molecule has 0 aliphatic heterocycles. The summed E-state index contributed by atoms with van der Waals surface area (Å²) in [5, 5.41) is 0. The van der Waals surface area contributed by atoms with E-state index in [4.69, 9.17) is 10.5 Å². The largest absolute Gasteiger partial charge is 0.462 e. The van der Waals surface area contributed by atoms with Gasteiger partial charge in [-0.1, -0.05) is 40.0 Å². The Kier molecular flexibility index (Phi) is 4.78. The molecule has 0 amide bonds. The summed E-state index contributed by atoms with van der Waals surface area (Å²) in [4.78, 5) is 12.2. The van der Waals surface area contributed by atoms with Crippen LogP contribution in [0.4, 0.5) is 0 Å². The molecule has 2 N–H and O–H groups in total. The Bertz CT molecular complexity index is 345. The van der Waals surface area contributed by atoms with Crippen LogP contribution < -0.4 is 5.73 Å². The molecule has 2 aliphatic rings. The molecule has 0 radical (unpaired) electrons. The average Bonchev–Trinajstić information content (AvgIpc) is 2.25. The van der Waals surface area contributed by atoms with E-state index in [0.717, 1.165) is 38.5 Å². The molecule has 0 bridgehead atoms. The molecule has 2 rings (SSSR count). The second kappa shape index (κ2) is 6.05. The first-order valence-corrected chi connectivity index (χ1v) is 8.26. The standard InChI is InChI=1S/C17H31NO2/c1-13-9-14(11-16(2,3)10-13)20-15(19)12-17(18)7-5-4-6-8-17/h13-14H,4-12,18H2,1-3H3. The third-order valence-corrected chi connectivity index (χ3v) is 4.99. The minimum absolute atomic E-state index is 0.0794. The first-order valence-electron chi connectivity index (χ1n) is 8.26. The van der Waals surface area contributed by atoms with E-state index in [-0.39, 0.29) is 23.0 Å². The fourth-order valence-corrected chi connectivity index (χ4v) is 4.30. The summed E-state index contributed by atoms with van der Waals surface area (Å²) in [6.45, 7) is 6.80. The second-order valence-corrected chi connectivity index (χ2v) is 8.13. The van der Waals surface area contributed by atoms with Gasteiger partial charge in [-0.3, -0.25) is 4.79 Å². The van der Waals surface area contributed by atoms with Gasteiger partial charge >= 0.3 is 5.97 Å². The fourth-order valence-electron chi connectivity index (χ4n) is 4.30. The molecule has 116 valence electrons. The van der Waals surface area contributed by atoms with Crippen LogP contribution in [0.1, 0.15) is 78.6 Å². The monoisotopic (exact) mass is 281 g/mol. The second-order valence-electron chi connectivity index (χ2n) is 8.13. The van der Waals surface area contributed by atoms with Gasteiger partial charge in [-0.05, 0) is 43.4 Å². The SMILES string of the molecule is CC1CC(OC(=O)CC2(N)CCCCC2)CC(C)(C)C1. The Hall–Kier alpha value is -0.570. The lowest BCUT2D eigenvalue weighted by molar-refractivity contribution is -0.155. The number of hydrogen-bond acceptors (Lipinski definition) is 3. The van der Waals surface area contributed by atoms with Crippen molar-refractivity contribution in [1.29, 1.82) is 0 Å². The van der Waals surface area contributed by atoms with Gasteiger partial charge in [0.15, 0.2) is 0 Å². The lowest BCUT2D eigenvalue weighted by Gasteiger charge is -2.39. The number of carbonyl (C=O) groups is 1. The van der Waals surface area contributed by atoms with Gasteiger partial charge in [0.25, 0.3) is 0 Å². The van der Waals surface area contributed by atoms with Gasteiger partial charge in [-0.15, -0.1) is 0 Å². The number of hydrogen-bond donors (Lipinski definition) is 1. The first kappa shape index (κ1) is 15.8. The van der Waals surface area contributed by atoms with Gasteiger partial charge in [0.2, 0.25) is 0 Å². The number of esters is 1. The van der Waals surface area contributed by atoms with E-state index < -0.39 is 0 Å². The van der Waals surface area contributed by atoms with Crippen LogP contribution in [0.3, 0.4) is 0 Å². The van der Waals surface area contributed by atoms with Gasteiger partial charge in [0.05, 0.1) is 6.42 Å². The van der Waals surface area contributed by atoms with E-state index in [0.29, 0.717) is 12.3 Å². The van der Waals surface area contributed by atoms with Crippen molar-refractivity contribution in [3.63, 3.8) is 0 Å². The summed E-state index contributed by atoms with van der Waals surface area (Å²) < 4.78 is 5.75. The topological polar surface area (TPSA) is 52.3 Å². The summed E-state index contributed by atoms with van der Waals surface area (Å²) >= 11 is 0. The van der Waals surface area contributed by atoms with E-state index >= 15 is 0 Å². The van der Waals surface area contributed by atoms with Gasteiger partial charge in [-0.25, -0.2) is 0 Å². The molecular formula is C17H31NO2. The molecule has 2 fully saturated rings. The van der Waals surface area contributed by atoms with Crippen molar-refractivity contribution in [3.05, 3.63) is 0 Å². The van der Waals surface area contributed by atoms with Crippen LogP contribution in [0, 0.1) is 11.3 Å². The van der Waals surface area contributed by atoms with Crippen LogP contribution in [-0.2, 0) is 9.53 Å². The van der Waals surface area contributed by atoms with E-state index in [9.17, 15) is 4.79 Å². The predicted molar refractivity (Wildman–Crippen MR) is 81.3 cm³/mol. The number of carbonyl (C=O) groups excluding carboxylic acids is 1. The summed E-state index contributed by atoms with van der Waals surface area (Å²) in [7, 11) is 0. The molecule has 2 unspecified atom stereocenters. The Morgan fingerprint density at radius 1 is 1.20 bits per heavy atom. The zero-order valence-corrected chi connectivity index (χ0v) is 13.4. The van der Waals surface area contributed by atoms with Crippen molar-refractivity contribution in [2.24, 2.45) is 17.1 Å². The molecule has 0 aromatic rings. The van der Waals surface area contributed by atoms with Crippen molar-refractivity contribution < 1.29 is 9.53 Å². The Balaban J connectivity index is 1.84. The minimum atomic E-state index is -0.300. The summed E-state index contributed by atoms with van der Waals surface area (Å²) in [5.74, 6) is 0.558. The third-order valence-electron chi connectivity index (χ3n) is 4.99. The predicted octanol–water partition coefficient (Wildman–Crippen LogP) is 3.80. The van der Waals surface area contributed by atoms with Gasteiger partial charge in [-0.2, -0.15) is 0 Å². The van der Waals surface area contributed by atoms with E-state index in [2.05, 4.69) is 20.8 Å². The van der Waals surface area contributed by atoms with Crippen molar-refractivity contribution in [2.75, 3.05) is 0 Å². The number of ether oxygens (including phenoxy) is 1. The highest BCUT2D eigenvalue weighted by atomic mass is 16.5. The maximum Gasteiger partial charge on any atom is 0.307 e. The van der Waals surface area contributed by atoms with E-state index in [1.54, 1.807) is 0 Å².